The van der Waals surface area contributed by atoms with Crippen molar-refractivity contribution in [2.24, 2.45) is 5.92 Å². The number of imidazole rings is 1. The van der Waals surface area contributed by atoms with E-state index >= 15 is 0 Å². The molecule has 0 saturated heterocycles. The fraction of sp³-hybridized carbons (Fsp3) is 0.440. The fourth-order valence-corrected chi connectivity index (χ4v) is 5.98. The first-order valence-electron chi connectivity index (χ1n) is 11.2. The van der Waals surface area contributed by atoms with Crippen molar-refractivity contribution < 1.29 is 8.42 Å². The first kappa shape index (κ1) is 23.0. The lowest BCUT2D eigenvalue weighted by Crippen LogP contribution is -2.22. The highest BCUT2D eigenvalue weighted by molar-refractivity contribution is 7.91. The average Bonchev–Trinajstić information content (AvgIpc) is 3.13. The molecule has 2 aromatic heterocycles. The summed E-state index contributed by atoms with van der Waals surface area (Å²) in [4.78, 5) is 9.48. The lowest BCUT2D eigenvalue weighted by Gasteiger charge is -2.26. The second-order valence-electron chi connectivity index (χ2n) is 9.66. The van der Waals surface area contributed by atoms with E-state index in [0.717, 1.165) is 23.4 Å². The predicted molar refractivity (Wildman–Crippen MR) is 130 cm³/mol. The van der Waals surface area contributed by atoms with Crippen molar-refractivity contribution in [1.29, 1.82) is 0 Å². The van der Waals surface area contributed by atoms with Crippen molar-refractivity contribution in [1.82, 2.24) is 14.5 Å². The number of fused-ring (bicyclic) bond motifs is 1. The molecule has 1 saturated carbocycles. The van der Waals surface area contributed by atoms with Crippen LogP contribution < -0.4 is 0 Å². The molecule has 4 rings (SSSR count). The Bertz CT molecular complexity index is 1250. The highest BCUT2D eigenvalue weighted by Crippen LogP contribution is 2.33. The van der Waals surface area contributed by atoms with Gasteiger partial charge in [0.1, 0.15) is 5.82 Å². The number of sulfone groups is 1. The van der Waals surface area contributed by atoms with Gasteiger partial charge in [0.2, 0.25) is 9.84 Å². The topological polar surface area (TPSA) is 64.8 Å². The summed E-state index contributed by atoms with van der Waals surface area (Å²) in [5.41, 5.74) is 3.40. The second-order valence-corrected chi connectivity index (χ2v) is 11.9. The van der Waals surface area contributed by atoms with Gasteiger partial charge in [-0.3, -0.25) is 4.98 Å². The fourth-order valence-electron chi connectivity index (χ4n) is 4.55. The first-order valence-corrected chi connectivity index (χ1v) is 13.1. The molecule has 1 aromatic carbocycles. The molecule has 0 unspecified atom stereocenters. The molecule has 0 atom stereocenters. The molecule has 2 heterocycles. The van der Waals surface area contributed by atoms with Crippen molar-refractivity contribution in [3.63, 3.8) is 0 Å². The van der Waals surface area contributed by atoms with Crippen molar-refractivity contribution in [2.45, 2.75) is 74.6 Å². The van der Waals surface area contributed by atoms with Crippen LogP contribution in [0.5, 0.6) is 0 Å². The Balaban J connectivity index is 1.78. The summed E-state index contributed by atoms with van der Waals surface area (Å²) in [7, 11) is -3.70. The van der Waals surface area contributed by atoms with Gasteiger partial charge in [-0.15, -0.1) is 0 Å². The van der Waals surface area contributed by atoms with E-state index in [2.05, 4.69) is 30.3 Å². The highest BCUT2D eigenvalue weighted by atomic mass is 35.5. The van der Waals surface area contributed by atoms with Crippen molar-refractivity contribution in [3.05, 3.63) is 53.6 Å². The summed E-state index contributed by atoms with van der Waals surface area (Å²) in [6.07, 6.45) is 9.44. The van der Waals surface area contributed by atoms with Crippen LogP contribution in [-0.4, -0.2) is 23.0 Å². The predicted octanol–water partition coefficient (Wildman–Crippen LogP) is 6.35. The molecule has 1 aliphatic carbocycles. The van der Waals surface area contributed by atoms with Crippen molar-refractivity contribution >= 4 is 38.5 Å². The van der Waals surface area contributed by atoms with Gasteiger partial charge >= 0.3 is 0 Å². The van der Waals surface area contributed by atoms with Gasteiger partial charge in [-0.25, -0.2) is 13.4 Å². The van der Waals surface area contributed by atoms with Crippen LogP contribution in [0.3, 0.4) is 0 Å². The van der Waals surface area contributed by atoms with E-state index in [1.165, 1.54) is 56.0 Å². The number of rotatable bonds is 5. The minimum Gasteiger partial charge on any atom is -0.327 e. The van der Waals surface area contributed by atoms with Crippen molar-refractivity contribution in [2.75, 3.05) is 0 Å². The minimum absolute atomic E-state index is 0.138. The zero-order valence-electron chi connectivity index (χ0n) is 18.9. The molecule has 0 amide bonds. The summed E-state index contributed by atoms with van der Waals surface area (Å²) in [6.45, 7) is 7.41. The number of hydrogen-bond acceptors (Lipinski definition) is 4. The van der Waals surface area contributed by atoms with Gasteiger partial charge in [-0.1, -0.05) is 51.6 Å². The molecule has 170 valence electrons. The third kappa shape index (κ3) is 4.62. The van der Waals surface area contributed by atoms with E-state index in [9.17, 15) is 8.42 Å². The van der Waals surface area contributed by atoms with E-state index in [4.69, 9.17) is 16.6 Å². The van der Waals surface area contributed by atoms with E-state index in [-0.39, 0.29) is 15.2 Å². The monoisotopic (exact) mass is 471 g/mol. The van der Waals surface area contributed by atoms with Crippen LogP contribution in [0.2, 0.25) is 0 Å². The molecule has 0 spiro atoms. The van der Waals surface area contributed by atoms with Gasteiger partial charge in [0.25, 0.3) is 0 Å². The van der Waals surface area contributed by atoms with Crippen molar-refractivity contribution in [3.8, 4) is 0 Å². The standard InChI is InChI=1S/C25H30ClN3O2S/c1-25(2,3)24-28-22-16-20(32(30,31)21-12-14-27-19(15-21)11-13-26)9-10-23(22)29(24)17-18-7-5-4-6-8-18/h9-16,18H,4-8,17H2,1-3H3/b13-11+. The molecule has 32 heavy (non-hydrogen) atoms. The zero-order chi connectivity index (χ0) is 22.9. The van der Waals surface area contributed by atoms with Gasteiger partial charge in [-0.2, -0.15) is 0 Å². The van der Waals surface area contributed by atoms with Gasteiger partial charge in [0, 0.05) is 23.7 Å². The Kier molecular flexibility index (Phi) is 6.46. The maximum atomic E-state index is 13.3. The Morgan fingerprint density at radius 1 is 1.09 bits per heavy atom. The third-order valence-corrected chi connectivity index (χ3v) is 8.04. The van der Waals surface area contributed by atoms with Crippen LogP contribution in [0.25, 0.3) is 17.1 Å². The summed E-state index contributed by atoms with van der Waals surface area (Å²) >= 11 is 5.63. The normalized spacial score (nSPS) is 16.2. The van der Waals surface area contributed by atoms with Gasteiger partial charge in [0.15, 0.2) is 0 Å². The molecule has 1 fully saturated rings. The van der Waals surface area contributed by atoms with Gasteiger partial charge in [0.05, 0.1) is 26.5 Å². The molecule has 0 aliphatic heterocycles. The molecule has 7 heteroatoms. The Labute approximate surface area is 195 Å². The Hall–Kier alpha value is -2.18. The zero-order valence-corrected chi connectivity index (χ0v) is 20.5. The minimum atomic E-state index is -3.70. The number of benzene rings is 1. The molecule has 0 bridgehead atoms. The first-order chi connectivity index (χ1) is 15.2. The summed E-state index contributed by atoms with van der Waals surface area (Å²) < 4.78 is 29.0. The van der Waals surface area contributed by atoms with E-state index in [0.29, 0.717) is 11.6 Å². The molecular formula is C25H30ClN3O2S. The van der Waals surface area contributed by atoms with Crippen LogP contribution in [0.4, 0.5) is 0 Å². The molecule has 0 N–H and O–H groups in total. The van der Waals surface area contributed by atoms with Crippen LogP contribution >= 0.6 is 11.6 Å². The molecule has 5 nitrogen and oxygen atoms in total. The second kappa shape index (κ2) is 8.99. The molecular weight excluding hydrogens is 442 g/mol. The van der Waals surface area contributed by atoms with E-state index in [1.54, 1.807) is 18.2 Å². The average molecular weight is 472 g/mol. The van der Waals surface area contributed by atoms with Gasteiger partial charge < -0.3 is 4.57 Å². The SMILES string of the molecule is CC(C)(C)c1nc2cc(S(=O)(=O)c3ccnc(/C=C/Cl)c3)ccc2n1CC1CCCCC1. The van der Waals surface area contributed by atoms with Crippen LogP contribution in [0.1, 0.15) is 64.4 Å². The quantitative estimate of drug-likeness (QED) is 0.434. The summed E-state index contributed by atoms with van der Waals surface area (Å²) in [5.74, 6) is 1.65. The van der Waals surface area contributed by atoms with E-state index < -0.39 is 9.84 Å². The number of aromatic nitrogens is 3. The maximum absolute atomic E-state index is 13.3. The highest BCUT2D eigenvalue weighted by Gasteiger charge is 2.27. The number of pyridine rings is 1. The molecule has 1 aliphatic rings. The largest absolute Gasteiger partial charge is 0.327 e. The summed E-state index contributed by atoms with van der Waals surface area (Å²) in [5, 5.41) is 0. The Morgan fingerprint density at radius 3 is 2.50 bits per heavy atom. The number of hydrogen-bond donors (Lipinski definition) is 0. The smallest absolute Gasteiger partial charge is 0.206 e. The summed E-state index contributed by atoms with van der Waals surface area (Å²) in [6, 6.07) is 8.34. The lowest BCUT2D eigenvalue weighted by atomic mass is 9.88. The van der Waals surface area contributed by atoms with Gasteiger partial charge in [-0.05, 0) is 55.2 Å². The number of nitrogens with zero attached hydrogens (tertiary/aromatic N) is 3. The van der Waals surface area contributed by atoms with Crippen LogP contribution in [0, 0.1) is 5.92 Å². The third-order valence-electron chi connectivity index (χ3n) is 6.16. The maximum Gasteiger partial charge on any atom is 0.206 e. The van der Waals surface area contributed by atoms with E-state index in [1.807, 2.05) is 6.07 Å². The Morgan fingerprint density at radius 2 is 1.81 bits per heavy atom. The lowest BCUT2D eigenvalue weighted by molar-refractivity contribution is 0.313. The van der Waals surface area contributed by atoms with Crippen LogP contribution in [-0.2, 0) is 21.8 Å². The molecule has 3 aromatic rings. The number of halogens is 1. The van der Waals surface area contributed by atoms with Crippen LogP contribution in [0.15, 0.2) is 51.9 Å². The molecule has 0 radical (unpaired) electrons.